The van der Waals surface area contributed by atoms with Crippen LogP contribution in [-0.4, -0.2) is 23.4 Å². The fourth-order valence-electron chi connectivity index (χ4n) is 3.68. The topological polar surface area (TPSA) is 47.3 Å². The molecule has 158 valence electrons. The molecule has 0 aliphatic heterocycles. The van der Waals surface area contributed by atoms with Gasteiger partial charge in [0.1, 0.15) is 12.1 Å². The highest BCUT2D eigenvalue weighted by molar-refractivity contribution is 8.14. The molecule has 0 saturated heterocycles. The standard InChI is InChI=1S/C23H30NO3S.HI/c1-6-17-19(23(26)28-10-5)18(7-2)24(8-3)21(16-14-12-11-13-15-16)20(17)22(25)27-9-4;/h11-15H,6-10H2,1-5H3;1H/q+1;/p-1. The summed E-state index contributed by atoms with van der Waals surface area (Å²) in [6.45, 7) is 10.8. The summed E-state index contributed by atoms with van der Waals surface area (Å²) in [6.07, 6.45) is 1.31. The molecular formula is C23H30INO3S. The van der Waals surface area contributed by atoms with Gasteiger partial charge in [-0.05, 0) is 43.7 Å². The van der Waals surface area contributed by atoms with Crippen LogP contribution in [0.15, 0.2) is 30.3 Å². The van der Waals surface area contributed by atoms with E-state index in [9.17, 15) is 9.59 Å². The van der Waals surface area contributed by atoms with Crippen molar-refractivity contribution < 1.29 is 42.9 Å². The zero-order valence-electron chi connectivity index (χ0n) is 17.9. The smallest absolute Gasteiger partial charge is 0.345 e. The molecule has 1 aromatic carbocycles. The largest absolute Gasteiger partial charge is 1.00 e. The molecule has 6 heteroatoms. The van der Waals surface area contributed by atoms with Crippen LogP contribution in [0.5, 0.6) is 0 Å². The van der Waals surface area contributed by atoms with Crippen molar-refractivity contribution in [1.82, 2.24) is 0 Å². The maximum atomic E-state index is 13.1. The summed E-state index contributed by atoms with van der Waals surface area (Å²) in [5.41, 5.74) is 4.78. The first-order chi connectivity index (χ1) is 13.5. The van der Waals surface area contributed by atoms with Crippen molar-refractivity contribution in [2.45, 2.75) is 54.0 Å². The van der Waals surface area contributed by atoms with Crippen LogP contribution in [-0.2, 0) is 24.1 Å². The van der Waals surface area contributed by atoms with Gasteiger partial charge in [-0.15, -0.1) is 0 Å². The molecule has 2 aromatic rings. The lowest BCUT2D eigenvalue weighted by Gasteiger charge is -2.19. The second-order valence-corrected chi connectivity index (χ2v) is 7.52. The maximum Gasteiger partial charge on any atom is 0.345 e. The zero-order valence-corrected chi connectivity index (χ0v) is 20.9. The normalized spacial score (nSPS) is 10.4. The molecule has 1 heterocycles. The first kappa shape index (κ1) is 25.6. The van der Waals surface area contributed by atoms with Crippen LogP contribution in [0.25, 0.3) is 11.3 Å². The highest BCUT2D eigenvalue weighted by atomic mass is 127. The summed E-state index contributed by atoms with van der Waals surface area (Å²) in [4.78, 5) is 26.1. The Hall–Kier alpha value is -1.41. The van der Waals surface area contributed by atoms with E-state index in [1.807, 2.05) is 51.1 Å². The molecule has 4 nitrogen and oxygen atoms in total. The number of pyridine rings is 1. The minimum absolute atomic E-state index is 0. The Bertz CT molecular complexity index is 853. The highest BCUT2D eigenvalue weighted by Gasteiger charge is 2.35. The summed E-state index contributed by atoms with van der Waals surface area (Å²) in [5, 5.41) is 0.0311. The predicted octanol–water partition coefficient (Wildman–Crippen LogP) is 1.86. The average Bonchev–Trinajstić information content (AvgIpc) is 2.72. The van der Waals surface area contributed by atoms with Gasteiger partial charge in [0.15, 0.2) is 5.69 Å². The van der Waals surface area contributed by atoms with Gasteiger partial charge < -0.3 is 28.7 Å². The molecule has 0 saturated carbocycles. The number of rotatable bonds is 8. The molecule has 0 N–H and O–H groups in total. The summed E-state index contributed by atoms with van der Waals surface area (Å²) < 4.78 is 7.55. The molecule has 0 spiro atoms. The van der Waals surface area contributed by atoms with Crippen LogP contribution >= 0.6 is 11.8 Å². The van der Waals surface area contributed by atoms with Crippen LogP contribution in [0.4, 0.5) is 0 Å². The molecule has 0 fully saturated rings. The van der Waals surface area contributed by atoms with E-state index >= 15 is 0 Å². The number of hydrogen-bond acceptors (Lipinski definition) is 4. The Kier molecular flexibility index (Phi) is 10.9. The average molecular weight is 527 g/mol. The van der Waals surface area contributed by atoms with E-state index < -0.39 is 0 Å². The van der Waals surface area contributed by atoms with Crippen molar-refractivity contribution in [3.05, 3.63) is 52.7 Å². The molecule has 0 radical (unpaired) electrons. The molecule has 0 aliphatic rings. The van der Waals surface area contributed by atoms with E-state index in [1.54, 1.807) is 6.92 Å². The van der Waals surface area contributed by atoms with Crippen molar-refractivity contribution in [3.8, 4) is 11.3 Å². The summed E-state index contributed by atoms with van der Waals surface area (Å²) in [5.74, 6) is 0.338. The summed E-state index contributed by atoms with van der Waals surface area (Å²) in [7, 11) is 0. The minimum Gasteiger partial charge on any atom is -1.00 e. The first-order valence-electron chi connectivity index (χ1n) is 10.1. The number of thioether (sulfide) groups is 1. The van der Waals surface area contributed by atoms with E-state index in [1.165, 1.54) is 11.8 Å². The fraction of sp³-hybridized carbons (Fsp3) is 0.435. The molecule has 29 heavy (non-hydrogen) atoms. The Labute approximate surface area is 195 Å². The number of ether oxygens (including phenoxy) is 1. The number of halogens is 1. The van der Waals surface area contributed by atoms with Crippen molar-refractivity contribution in [1.29, 1.82) is 0 Å². The molecular weight excluding hydrogens is 497 g/mol. The van der Waals surface area contributed by atoms with Crippen molar-refractivity contribution in [2.24, 2.45) is 0 Å². The zero-order chi connectivity index (χ0) is 20.7. The summed E-state index contributed by atoms with van der Waals surface area (Å²) in [6, 6.07) is 9.90. The van der Waals surface area contributed by atoms with E-state index in [2.05, 4.69) is 11.5 Å². The monoisotopic (exact) mass is 527 g/mol. The van der Waals surface area contributed by atoms with Gasteiger partial charge in [0.2, 0.25) is 10.8 Å². The van der Waals surface area contributed by atoms with Gasteiger partial charge in [0.05, 0.1) is 12.2 Å². The van der Waals surface area contributed by atoms with Crippen LogP contribution in [0.3, 0.4) is 0 Å². The maximum absolute atomic E-state index is 13.1. The van der Waals surface area contributed by atoms with Gasteiger partial charge in [-0.3, -0.25) is 4.79 Å². The highest BCUT2D eigenvalue weighted by Crippen LogP contribution is 2.31. The predicted molar refractivity (Wildman–Crippen MR) is 115 cm³/mol. The molecule has 1 aromatic heterocycles. The van der Waals surface area contributed by atoms with Gasteiger partial charge in [0.25, 0.3) is 0 Å². The Morgan fingerprint density at radius 3 is 2.10 bits per heavy atom. The lowest BCUT2D eigenvalue weighted by molar-refractivity contribution is -0.690. The number of hydrogen-bond donors (Lipinski definition) is 0. The second-order valence-electron chi connectivity index (χ2n) is 6.28. The Morgan fingerprint density at radius 2 is 1.62 bits per heavy atom. The van der Waals surface area contributed by atoms with Gasteiger partial charge in [-0.1, -0.05) is 50.7 Å². The van der Waals surface area contributed by atoms with Gasteiger partial charge >= 0.3 is 5.97 Å². The number of carbonyl (C=O) groups is 2. The SMILES string of the molecule is CCOC(=O)c1c(CC)c(C(=O)SCC)c(CC)[n+](CC)c1-c1ccccc1.[I-]. The number of nitrogens with zero attached hydrogens (tertiary/aromatic N) is 1. The summed E-state index contributed by atoms with van der Waals surface area (Å²) >= 11 is 1.29. The molecule has 2 rings (SSSR count). The van der Waals surface area contributed by atoms with E-state index in [0.29, 0.717) is 36.5 Å². The van der Waals surface area contributed by atoms with Crippen molar-refractivity contribution in [2.75, 3.05) is 12.4 Å². The number of benzene rings is 1. The number of esters is 1. The minimum atomic E-state index is -0.362. The number of carbonyl (C=O) groups excluding carboxylic acids is 2. The third-order valence-electron chi connectivity index (χ3n) is 4.74. The molecule has 0 amide bonds. The molecule has 0 aliphatic carbocycles. The molecule has 0 bridgehead atoms. The third kappa shape index (κ3) is 5.40. The molecule has 0 unspecified atom stereocenters. The number of aromatic nitrogens is 1. The van der Waals surface area contributed by atoms with E-state index in [-0.39, 0.29) is 35.1 Å². The van der Waals surface area contributed by atoms with Gasteiger partial charge in [-0.2, -0.15) is 4.57 Å². The van der Waals surface area contributed by atoms with Crippen LogP contribution in [0, 0.1) is 0 Å². The van der Waals surface area contributed by atoms with E-state index in [0.717, 1.165) is 28.9 Å². The lowest BCUT2D eigenvalue weighted by atomic mass is 9.92. The van der Waals surface area contributed by atoms with Crippen LogP contribution in [0.1, 0.15) is 66.6 Å². The molecule has 0 atom stereocenters. The van der Waals surface area contributed by atoms with Crippen LogP contribution < -0.4 is 28.5 Å². The second kappa shape index (κ2) is 12.3. The first-order valence-corrected chi connectivity index (χ1v) is 11.0. The fourth-order valence-corrected chi connectivity index (χ4v) is 4.33. The van der Waals surface area contributed by atoms with Crippen molar-refractivity contribution in [3.63, 3.8) is 0 Å². The van der Waals surface area contributed by atoms with Crippen molar-refractivity contribution >= 4 is 22.8 Å². The Morgan fingerprint density at radius 1 is 0.966 bits per heavy atom. The third-order valence-corrected chi connectivity index (χ3v) is 5.49. The van der Waals surface area contributed by atoms with Crippen LogP contribution in [0.2, 0.25) is 0 Å². The van der Waals surface area contributed by atoms with E-state index in [4.69, 9.17) is 4.74 Å². The van der Waals surface area contributed by atoms with Gasteiger partial charge in [0, 0.05) is 12.0 Å². The quantitative estimate of drug-likeness (QED) is 0.299. The lowest BCUT2D eigenvalue weighted by Crippen LogP contribution is -3.00. The van der Waals surface area contributed by atoms with Gasteiger partial charge in [-0.25, -0.2) is 4.79 Å². The Balaban J connectivity index is 0.00000420.